The Labute approximate surface area is 133 Å². The number of carbonyl (C=O) groups is 1. The van der Waals surface area contributed by atoms with Gasteiger partial charge in [0.2, 0.25) is 5.91 Å². The van der Waals surface area contributed by atoms with Gasteiger partial charge in [-0.05, 0) is 31.2 Å². The van der Waals surface area contributed by atoms with Crippen molar-refractivity contribution in [2.45, 2.75) is 22.8 Å². The van der Waals surface area contributed by atoms with Gasteiger partial charge in [-0.3, -0.25) is 4.79 Å². The maximum atomic E-state index is 12.0. The number of amides is 1. The highest BCUT2D eigenvalue weighted by Gasteiger charge is 2.13. The van der Waals surface area contributed by atoms with Crippen LogP contribution >= 0.6 is 23.5 Å². The highest BCUT2D eigenvalue weighted by Crippen LogP contribution is 2.22. The van der Waals surface area contributed by atoms with Gasteiger partial charge < -0.3 is 9.73 Å². The zero-order valence-corrected chi connectivity index (χ0v) is 13.6. The largest absolute Gasteiger partial charge is 0.468 e. The molecule has 1 aromatic heterocycles. The van der Waals surface area contributed by atoms with E-state index >= 15 is 0 Å². The molecule has 0 aliphatic rings. The molecule has 2 rings (SSSR count). The first-order valence-electron chi connectivity index (χ1n) is 6.85. The second-order valence-corrected chi connectivity index (χ2v) is 7.02. The van der Waals surface area contributed by atoms with Crippen molar-refractivity contribution < 1.29 is 9.21 Å². The van der Waals surface area contributed by atoms with Crippen molar-refractivity contribution in [2.75, 3.05) is 12.3 Å². The lowest BCUT2D eigenvalue weighted by molar-refractivity contribution is -0.120. The minimum Gasteiger partial charge on any atom is -0.468 e. The van der Waals surface area contributed by atoms with Crippen LogP contribution in [-0.4, -0.2) is 23.5 Å². The van der Waals surface area contributed by atoms with Gasteiger partial charge in [-0.1, -0.05) is 18.2 Å². The molecule has 1 N–H and O–H groups in total. The normalized spacial score (nSPS) is 12.0. The van der Waals surface area contributed by atoms with Gasteiger partial charge in [0, 0.05) is 17.2 Å². The van der Waals surface area contributed by atoms with Crippen LogP contribution in [0.1, 0.15) is 12.7 Å². The molecule has 0 saturated heterocycles. The van der Waals surface area contributed by atoms with Crippen LogP contribution in [0.3, 0.4) is 0 Å². The van der Waals surface area contributed by atoms with Crippen molar-refractivity contribution in [3.8, 4) is 0 Å². The quantitative estimate of drug-likeness (QED) is 0.593. The highest BCUT2D eigenvalue weighted by molar-refractivity contribution is 8.00. The molecule has 0 bridgehead atoms. The van der Waals surface area contributed by atoms with Crippen molar-refractivity contribution in [3.63, 3.8) is 0 Å². The summed E-state index contributed by atoms with van der Waals surface area (Å²) in [4.78, 5) is 13.1. The first kappa shape index (κ1) is 16.0. The molecule has 0 aliphatic carbocycles. The third-order valence-electron chi connectivity index (χ3n) is 2.80. The third-order valence-corrected chi connectivity index (χ3v) is 4.89. The Morgan fingerprint density at radius 2 is 2.05 bits per heavy atom. The van der Waals surface area contributed by atoms with Gasteiger partial charge in [0.05, 0.1) is 17.3 Å². The molecule has 1 amide bonds. The van der Waals surface area contributed by atoms with Crippen LogP contribution in [0.25, 0.3) is 0 Å². The summed E-state index contributed by atoms with van der Waals surface area (Å²) >= 11 is 3.33. The molecular weight excluding hydrogens is 302 g/mol. The fraction of sp³-hybridized carbons (Fsp3) is 0.312. The Morgan fingerprint density at radius 1 is 1.24 bits per heavy atom. The van der Waals surface area contributed by atoms with Crippen LogP contribution in [-0.2, 0) is 10.5 Å². The summed E-state index contributed by atoms with van der Waals surface area (Å²) in [6.07, 6.45) is 1.68. The summed E-state index contributed by atoms with van der Waals surface area (Å²) in [5.41, 5.74) is 0. The second-order valence-electron chi connectivity index (χ2n) is 4.50. The first-order valence-corrected chi connectivity index (χ1v) is 8.88. The molecule has 1 atom stereocenters. The first-order chi connectivity index (χ1) is 10.3. The van der Waals surface area contributed by atoms with E-state index in [1.165, 1.54) is 0 Å². The summed E-state index contributed by atoms with van der Waals surface area (Å²) in [5.74, 6) is 2.79. The minimum absolute atomic E-state index is 0.0810. The Kier molecular flexibility index (Phi) is 6.76. The summed E-state index contributed by atoms with van der Waals surface area (Å²) in [6, 6.07) is 13.8. The van der Waals surface area contributed by atoms with E-state index in [1.807, 2.05) is 49.4 Å². The number of carbonyl (C=O) groups excluding carboxylic acids is 1. The van der Waals surface area contributed by atoms with E-state index in [9.17, 15) is 4.79 Å². The molecule has 0 aliphatic heterocycles. The van der Waals surface area contributed by atoms with Gasteiger partial charge in [-0.15, -0.1) is 11.8 Å². The van der Waals surface area contributed by atoms with Crippen molar-refractivity contribution in [2.24, 2.45) is 0 Å². The summed E-state index contributed by atoms with van der Waals surface area (Å²) in [7, 11) is 0. The number of benzene rings is 1. The van der Waals surface area contributed by atoms with Gasteiger partial charge in [0.1, 0.15) is 5.76 Å². The van der Waals surface area contributed by atoms with Crippen LogP contribution in [0.15, 0.2) is 58.0 Å². The molecule has 0 fully saturated rings. The second kappa shape index (κ2) is 8.85. The fourth-order valence-corrected chi connectivity index (χ4v) is 3.38. The van der Waals surface area contributed by atoms with Gasteiger partial charge in [-0.25, -0.2) is 0 Å². The number of furan rings is 1. The average Bonchev–Trinajstić information content (AvgIpc) is 3.01. The van der Waals surface area contributed by atoms with E-state index in [-0.39, 0.29) is 11.2 Å². The predicted molar refractivity (Wildman–Crippen MR) is 89.6 cm³/mol. The van der Waals surface area contributed by atoms with Crippen LogP contribution in [0, 0.1) is 0 Å². The SMILES string of the molecule is C[C@@H](Sc1ccccc1)C(=O)NCCSCc1ccco1. The Balaban J connectivity index is 1.60. The molecule has 1 heterocycles. The van der Waals surface area contributed by atoms with Gasteiger partial charge in [-0.2, -0.15) is 11.8 Å². The predicted octanol–water partition coefficient (Wildman–Crippen LogP) is 3.81. The van der Waals surface area contributed by atoms with Crippen molar-refractivity contribution in [3.05, 3.63) is 54.5 Å². The number of hydrogen-bond donors (Lipinski definition) is 1. The molecular formula is C16H19NO2S2. The lowest BCUT2D eigenvalue weighted by atomic mass is 10.4. The van der Waals surface area contributed by atoms with Crippen molar-refractivity contribution in [1.29, 1.82) is 0 Å². The Bertz CT molecular complexity index is 528. The molecule has 1 aromatic carbocycles. The number of thioether (sulfide) groups is 2. The maximum absolute atomic E-state index is 12.0. The van der Waals surface area contributed by atoms with Crippen LogP contribution in [0.2, 0.25) is 0 Å². The third kappa shape index (κ3) is 5.89. The topological polar surface area (TPSA) is 42.2 Å². The molecule has 112 valence electrons. The molecule has 0 spiro atoms. The van der Waals surface area contributed by atoms with E-state index in [1.54, 1.807) is 29.8 Å². The minimum atomic E-state index is -0.0810. The molecule has 21 heavy (non-hydrogen) atoms. The summed E-state index contributed by atoms with van der Waals surface area (Å²) in [6.45, 7) is 2.62. The number of rotatable bonds is 8. The van der Waals surface area contributed by atoms with Crippen molar-refractivity contribution in [1.82, 2.24) is 5.32 Å². The van der Waals surface area contributed by atoms with E-state index in [0.717, 1.165) is 22.2 Å². The number of nitrogens with one attached hydrogen (secondary N) is 1. The molecule has 2 aromatic rings. The molecule has 5 heteroatoms. The smallest absolute Gasteiger partial charge is 0.233 e. The Morgan fingerprint density at radius 3 is 2.76 bits per heavy atom. The standard InChI is InChI=1S/C16H19NO2S2/c1-13(21-15-7-3-2-4-8-15)16(18)17-9-11-20-12-14-6-5-10-19-14/h2-8,10,13H,9,11-12H2,1H3,(H,17,18)/t13-/m1/s1. The maximum Gasteiger partial charge on any atom is 0.233 e. The molecule has 0 unspecified atom stereocenters. The van der Waals surface area contributed by atoms with Crippen molar-refractivity contribution >= 4 is 29.4 Å². The van der Waals surface area contributed by atoms with Crippen LogP contribution < -0.4 is 5.32 Å². The van der Waals surface area contributed by atoms with Gasteiger partial charge in [0.15, 0.2) is 0 Å². The lowest BCUT2D eigenvalue weighted by Gasteiger charge is -2.11. The van der Waals surface area contributed by atoms with E-state index in [2.05, 4.69) is 5.32 Å². The lowest BCUT2D eigenvalue weighted by Crippen LogP contribution is -2.32. The van der Waals surface area contributed by atoms with E-state index in [4.69, 9.17) is 4.42 Å². The average molecular weight is 321 g/mol. The van der Waals surface area contributed by atoms with Gasteiger partial charge >= 0.3 is 0 Å². The van der Waals surface area contributed by atoms with Gasteiger partial charge in [0.25, 0.3) is 0 Å². The summed E-state index contributed by atoms with van der Waals surface area (Å²) < 4.78 is 5.25. The molecule has 3 nitrogen and oxygen atoms in total. The highest BCUT2D eigenvalue weighted by atomic mass is 32.2. The molecule has 0 radical (unpaired) electrons. The summed E-state index contributed by atoms with van der Waals surface area (Å²) in [5, 5.41) is 2.89. The molecule has 0 saturated carbocycles. The van der Waals surface area contributed by atoms with Crippen LogP contribution in [0.5, 0.6) is 0 Å². The Hall–Kier alpha value is -1.33. The van der Waals surface area contributed by atoms with E-state index < -0.39 is 0 Å². The van der Waals surface area contributed by atoms with Crippen LogP contribution in [0.4, 0.5) is 0 Å². The zero-order valence-electron chi connectivity index (χ0n) is 12.0. The number of hydrogen-bond acceptors (Lipinski definition) is 4. The monoisotopic (exact) mass is 321 g/mol. The fourth-order valence-electron chi connectivity index (χ4n) is 1.71. The zero-order chi connectivity index (χ0) is 14.9. The van der Waals surface area contributed by atoms with E-state index in [0.29, 0.717) is 6.54 Å².